The third-order valence-electron chi connectivity index (χ3n) is 2.71. The van der Waals surface area contributed by atoms with Gasteiger partial charge in [-0.15, -0.1) is 0 Å². The van der Waals surface area contributed by atoms with Crippen LogP contribution in [0.1, 0.15) is 33.1 Å². The van der Waals surface area contributed by atoms with Gasteiger partial charge >= 0.3 is 5.66 Å². The van der Waals surface area contributed by atoms with Gasteiger partial charge in [-0.1, -0.05) is 0 Å². The number of hydrogen-bond donors (Lipinski definition) is 0. The van der Waals surface area contributed by atoms with E-state index in [0.717, 1.165) is 0 Å². The Hall–Kier alpha value is -0.00610. The van der Waals surface area contributed by atoms with E-state index in [1.807, 2.05) is 0 Å². The molecule has 5 heteroatoms. The van der Waals surface area contributed by atoms with E-state index < -0.39 is 11.3 Å². The maximum absolute atomic E-state index is 13.8. The molecule has 0 N–H and O–H groups in total. The number of nitrogens with zero attached hydrogens (tertiary/aromatic N) is 2. The first-order valence-electron chi connectivity index (χ1n) is 5.02. The van der Waals surface area contributed by atoms with Gasteiger partial charge in [0.05, 0.1) is 13.0 Å². The van der Waals surface area contributed by atoms with Crippen LogP contribution in [0.3, 0.4) is 0 Å². The van der Waals surface area contributed by atoms with E-state index in [4.69, 9.17) is 6.57 Å². The number of carbonyl (C=O) groups is 1. The van der Waals surface area contributed by atoms with Crippen LogP contribution >= 0.6 is 0 Å². The van der Waals surface area contributed by atoms with Crippen molar-refractivity contribution in [3.63, 3.8) is 0 Å². The Morgan fingerprint density at radius 3 is 2.62 bits per heavy atom. The summed E-state index contributed by atoms with van der Waals surface area (Å²) in [6, 6.07) is 0. The van der Waals surface area contributed by atoms with Crippen molar-refractivity contribution < 1.29 is 41.9 Å². The van der Waals surface area contributed by atoms with Gasteiger partial charge in [0.2, 0.25) is 5.91 Å². The second kappa shape index (κ2) is 5.55. The molecule has 1 aliphatic heterocycles. The second-order valence-corrected chi connectivity index (χ2v) is 4.50. The topological polar surface area (TPSA) is 24.7 Å². The standard InChI is InChI=1S/C11H16FN2O.Y/c1-5-6-9(15)14-8-10(2,12)7-11(14,3)13-4;/h1,5-8H2,2-3H3;/q-1;. The largest absolute Gasteiger partial charge is 0.343 e. The summed E-state index contributed by atoms with van der Waals surface area (Å²) in [6.07, 6.45) is 0.847. The first-order chi connectivity index (χ1) is 6.84. The van der Waals surface area contributed by atoms with Crippen molar-refractivity contribution in [2.45, 2.75) is 44.4 Å². The summed E-state index contributed by atoms with van der Waals surface area (Å²) in [7, 11) is 0. The zero-order chi connectivity index (χ0) is 11.7. The fourth-order valence-electron chi connectivity index (χ4n) is 2.09. The fourth-order valence-corrected chi connectivity index (χ4v) is 2.09. The number of amides is 1. The van der Waals surface area contributed by atoms with Crippen LogP contribution in [0.15, 0.2) is 0 Å². The van der Waals surface area contributed by atoms with Gasteiger partial charge in [-0.25, -0.2) is 11.0 Å². The van der Waals surface area contributed by atoms with Crippen molar-refractivity contribution in [1.82, 2.24) is 4.90 Å². The van der Waals surface area contributed by atoms with E-state index in [-0.39, 0.29) is 58.0 Å². The van der Waals surface area contributed by atoms with Crippen LogP contribution in [0.2, 0.25) is 0 Å². The molecule has 1 amide bonds. The number of hydrogen-bond acceptors (Lipinski definition) is 1. The maximum Gasteiger partial charge on any atom is 0.310 e. The predicted octanol–water partition coefficient (Wildman–Crippen LogP) is 2.19. The summed E-state index contributed by atoms with van der Waals surface area (Å²) in [5.41, 5.74) is -2.47. The zero-order valence-corrected chi connectivity index (χ0v) is 12.6. The Morgan fingerprint density at radius 1 is 1.62 bits per heavy atom. The molecule has 2 unspecified atom stereocenters. The molecular formula is C11H16FN2OY-. The SMILES string of the molecule is [C-]#[N+]C1(C)CC(C)(F)CN1C(=O)CC[CH2-].[Y]. The van der Waals surface area contributed by atoms with E-state index >= 15 is 0 Å². The minimum Gasteiger partial charge on any atom is -0.343 e. The summed E-state index contributed by atoms with van der Waals surface area (Å²) >= 11 is 0. The predicted molar refractivity (Wildman–Crippen MR) is 55.4 cm³/mol. The first-order valence-corrected chi connectivity index (χ1v) is 5.02. The van der Waals surface area contributed by atoms with Crippen LogP contribution < -0.4 is 0 Å². The van der Waals surface area contributed by atoms with Gasteiger partial charge in [0.1, 0.15) is 5.67 Å². The summed E-state index contributed by atoms with van der Waals surface area (Å²) in [4.78, 5) is 16.4. The van der Waals surface area contributed by atoms with Crippen LogP contribution in [0.4, 0.5) is 4.39 Å². The summed E-state index contributed by atoms with van der Waals surface area (Å²) < 4.78 is 13.8. The molecule has 2 atom stereocenters. The van der Waals surface area contributed by atoms with Gasteiger partial charge in [0.25, 0.3) is 0 Å². The Labute approximate surface area is 121 Å². The summed E-state index contributed by atoms with van der Waals surface area (Å²) in [5, 5.41) is 0. The van der Waals surface area contributed by atoms with Gasteiger partial charge < -0.3 is 6.92 Å². The smallest absolute Gasteiger partial charge is 0.310 e. The molecule has 87 valence electrons. The van der Waals surface area contributed by atoms with E-state index in [1.165, 1.54) is 11.8 Å². The number of carbonyl (C=O) groups excluding carboxylic acids is 1. The van der Waals surface area contributed by atoms with Gasteiger partial charge in [-0.05, 0) is 13.3 Å². The molecule has 0 aliphatic carbocycles. The Bertz CT molecular complexity index is 314. The Balaban J connectivity index is 0.00000225. The van der Waals surface area contributed by atoms with Crippen LogP contribution in [-0.4, -0.2) is 28.7 Å². The average molecular weight is 300 g/mol. The van der Waals surface area contributed by atoms with E-state index in [1.54, 1.807) is 6.92 Å². The van der Waals surface area contributed by atoms with Crippen molar-refractivity contribution in [3.8, 4) is 0 Å². The second-order valence-electron chi connectivity index (χ2n) is 4.50. The van der Waals surface area contributed by atoms with E-state index in [0.29, 0.717) is 6.42 Å². The quantitative estimate of drug-likeness (QED) is 0.718. The normalized spacial score (nSPS) is 33.1. The maximum atomic E-state index is 13.8. The number of likely N-dealkylation sites (tertiary alicyclic amines) is 1. The molecule has 16 heavy (non-hydrogen) atoms. The third-order valence-corrected chi connectivity index (χ3v) is 2.71. The molecular weight excluding hydrogens is 284 g/mol. The van der Waals surface area contributed by atoms with Crippen molar-refractivity contribution in [3.05, 3.63) is 18.3 Å². The number of halogens is 1. The van der Waals surface area contributed by atoms with Gasteiger partial charge in [0, 0.05) is 39.6 Å². The van der Waals surface area contributed by atoms with Crippen molar-refractivity contribution in [2.75, 3.05) is 6.54 Å². The molecule has 0 bridgehead atoms. The number of alkyl halides is 1. The monoisotopic (exact) mass is 300 g/mol. The van der Waals surface area contributed by atoms with Crippen molar-refractivity contribution >= 4 is 5.91 Å². The molecule has 0 aromatic rings. The molecule has 0 spiro atoms. The van der Waals surface area contributed by atoms with Crippen LogP contribution in [0, 0.1) is 13.5 Å². The van der Waals surface area contributed by atoms with E-state index in [2.05, 4.69) is 11.8 Å². The van der Waals surface area contributed by atoms with Crippen molar-refractivity contribution in [2.24, 2.45) is 0 Å². The van der Waals surface area contributed by atoms with E-state index in [9.17, 15) is 9.18 Å². The molecule has 0 aromatic carbocycles. The molecule has 1 radical (unpaired) electrons. The van der Waals surface area contributed by atoms with Crippen LogP contribution in [-0.2, 0) is 37.5 Å². The minimum absolute atomic E-state index is 0. The van der Waals surface area contributed by atoms with Crippen LogP contribution in [0.5, 0.6) is 0 Å². The Morgan fingerprint density at radius 2 is 2.19 bits per heavy atom. The zero-order valence-electron chi connectivity index (χ0n) is 9.79. The van der Waals surface area contributed by atoms with Crippen LogP contribution in [0.25, 0.3) is 4.85 Å². The molecule has 0 saturated carbocycles. The van der Waals surface area contributed by atoms with Gasteiger partial charge in [-0.2, -0.15) is 6.42 Å². The van der Waals surface area contributed by atoms with Crippen molar-refractivity contribution in [1.29, 1.82) is 0 Å². The summed E-state index contributed by atoms with van der Waals surface area (Å²) in [6.45, 7) is 13.7. The third kappa shape index (κ3) is 3.24. The molecule has 1 heterocycles. The molecule has 1 saturated heterocycles. The summed E-state index contributed by atoms with van der Waals surface area (Å²) in [5.74, 6) is -0.176. The van der Waals surface area contributed by atoms with Gasteiger partial charge in [0.15, 0.2) is 0 Å². The Kier molecular flexibility index (Phi) is 5.55. The first kappa shape index (κ1) is 16.0. The minimum atomic E-state index is -1.45. The molecule has 1 fully saturated rings. The number of rotatable bonds is 2. The molecule has 1 rings (SSSR count). The molecule has 1 aliphatic rings. The fraction of sp³-hybridized carbons (Fsp3) is 0.727. The van der Waals surface area contributed by atoms with Gasteiger partial charge in [-0.3, -0.25) is 14.5 Å². The molecule has 0 aromatic heterocycles. The average Bonchev–Trinajstić information content (AvgIpc) is 2.38. The molecule has 3 nitrogen and oxygen atoms in total.